The smallest absolute Gasteiger partial charge is 0.326 e. The first kappa shape index (κ1) is 22.4. The highest BCUT2D eigenvalue weighted by Gasteiger charge is 2.56. The van der Waals surface area contributed by atoms with E-state index in [-0.39, 0.29) is 35.7 Å². The van der Waals surface area contributed by atoms with E-state index in [4.69, 9.17) is 15.5 Å². The molecule has 1 aliphatic heterocycles. The number of rotatable bonds is 6. The normalized spacial score (nSPS) is 18.2. The molecule has 6 rings (SSSR count). The SMILES string of the molecule is CNc1cc(F)cc2c1[nH]c1nc(Oc3cnc(C)nc3)nc(N3CC(NC(=O)CN)C4(CC4)C3)c12. The summed E-state index contributed by atoms with van der Waals surface area (Å²) in [5.41, 5.74) is 7.36. The zero-order valence-corrected chi connectivity index (χ0v) is 19.9. The first-order valence-corrected chi connectivity index (χ1v) is 11.8. The van der Waals surface area contributed by atoms with Crippen LogP contribution in [0.15, 0.2) is 24.5 Å². The fourth-order valence-corrected chi connectivity index (χ4v) is 5.08. The van der Waals surface area contributed by atoms with E-state index in [9.17, 15) is 9.18 Å². The minimum atomic E-state index is -0.371. The Morgan fingerprint density at radius 2 is 2.08 bits per heavy atom. The van der Waals surface area contributed by atoms with Crippen LogP contribution in [0.1, 0.15) is 18.7 Å². The molecule has 2 aliphatic rings. The van der Waals surface area contributed by atoms with E-state index in [1.54, 1.807) is 26.4 Å². The number of halogens is 1. The van der Waals surface area contributed by atoms with Crippen LogP contribution in [-0.2, 0) is 4.79 Å². The third kappa shape index (κ3) is 3.73. The van der Waals surface area contributed by atoms with Crippen LogP contribution in [0.25, 0.3) is 21.9 Å². The van der Waals surface area contributed by atoms with E-state index >= 15 is 0 Å². The van der Waals surface area contributed by atoms with Crippen LogP contribution in [-0.4, -0.2) is 63.6 Å². The van der Waals surface area contributed by atoms with Gasteiger partial charge >= 0.3 is 6.01 Å². The number of H-pyrrole nitrogens is 1. The minimum Gasteiger partial charge on any atom is -0.421 e. The zero-order valence-electron chi connectivity index (χ0n) is 19.9. The molecule has 1 atom stereocenters. The van der Waals surface area contributed by atoms with Gasteiger partial charge in [-0.05, 0) is 31.9 Å². The molecule has 1 saturated heterocycles. The second-order valence-electron chi connectivity index (χ2n) is 9.44. The Balaban J connectivity index is 1.49. The quantitative estimate of drug-likeness (QED) is 0.319. The number of aromatic amines is 1. The Labute approximate surface area is 205 Å². The van der Waals surface area contributed by atoms with Gasteiger partial charge in [0.15, 0.2) is 5.75 Å². The fraction of sp³-hybridized carbons (Fsp3) is 0.375. The first-order chi connectivity index (χ1) is 17.4. The number of benzene rings is 1. The lowest BCUT2D eigenvalue weighted by molar-refractivity contribution is -0.120. The van der Waals surface area contributed by atoms with Gasteiger partial charge in [0.1, 0.15) is 23.1 Å². The molecule has 4 heterocycles. The lowest BCUT2D eigenvalue weighted by Gasteiger charge is -2.19. The lowest BCUT2D eigenvalue weighted by atomic mass is 10.0. The third-order valence-corrected chi connectivity index (χ3v) is 7.08. The highest BCUT2D eigenvalue weighted by molar-refractivity contribution is 6.14. The van der Waals surface area contributed by atoms with Crippen LogP contribution >= 0.6 is 0 Å². The summed E-state index contributed by atoms with van der Waals surface area (Å²) in [6, 6.07) is 2.97. The average Bonchev–Trinajstić information content (AvgIpc) is 3.43. The summed E-state index contributed by atoms with van der Waals surface area (Å²) in [7, 11) is 1.74. The summed E-state index contributed by atoms with van der Waals surface area (Å²) >= 11 is 0. The molecular formula is C24H26FN9O2. The number of anilines is 2. The summed E-state index contributed by atoms with van der Waals surface area (Å²) < 4.78 is 20.5. The van der Waals surface area contributed by atoms with E-state index in [1.807, 2.05) is 0 Å². The molecule has 1 spiro atoms. The Kier molecular flexibility index (Phi) is 5.14. The molecule has 36 heavy (non-hydrogen) atoms. The van der Waals surface area contributed by atoms with Gasteiger partial charge in [0.2, 0.25) is 5.91 Å². The van der Waals surface area contributed by atoms with Crippen molar-refractivity contribution in [3.8, 4) is 11.8 Å². The summed E-state index contributed by atoms with van der Waals surface area (Å²) in [5, 5.41) is 7.46. The molecule has 1 aromatic carbocycles. The van der Waals surface area contributed by atoms with Crippen LogP contribution in [0, 0.1) is 18.2 Å². The van der Waals surface area contributed by atoms with Crippen LogP contribution in [0.2, 0.25) is 0 Å². The zero-order chi connectivity index (χ0) is 25.0. The Morgan fingerprint density at radius 1 is 1.31 bits per heavy atom. The molecule has 4 aromatic rings. The van der Waals surface area contributed by atoms with Crippen molar-refractivity contribution in [2.24, 2.45) is 11.1 Å². The van der Waals surface area contributed by atoms with E-state index in [0.717, 1.165) is 12.8 Å². The van der Waals surface area contributed by atoms with E-state index in [0.29, 0.717) is 58.1 Å². The molecule has 11 nitrogen and oxygen atoms in total. The van der Waals surface area contributed by atoms with Gasteiger partial charge in [-0.1, -0.05) is 0 Å². The number of aromatic nitrogens is 5. The largest absolute Gasteiger partial charge is 0.421 e. The Hall–Kier alpha value is -4.06. The fourth-order valence-electron chi connectivity index (χ4n) is 5.08. The first-order valence-electron chi connectivity index (χ1n) is 11.8. The molecule has 5 N–H and O–H groups in total. The summed E-state index contributed by atoms with van der Waals surface area (Å²) in [6.07, 6.45) is 5.12. The maximum Gasteiger partial charge on any atom is 0.326 e. The van der Waals surface area contributed by atoms with Gasteiger partial charge in [-0.25, -0.2) is 14.4 Å². The van der Waals surface area contributed by atoms with E-state index in [2.05, 4.69) is 35.5 Å². The highest BCUT2D eigenvalue weighted by Crippen LogP contribution is 2.54. The Morgan fingerprint density at radius 3 is 2.78 bits per heavy atom. The number of carbonyl (C=O) groups excluding carboxylic acids is 1. The van der Waals surface area contributed by atoms with Gasteiger partial charge in [0.25, 0.3) is 0 Å². The molecule has 0 radical (unpaired) electrons. The third-order valence-electron chi connectivity index (χ3n) is 7.08. The average molecular weight is 492 g/mol. The van der Waals surface area contributed by atoms with Crippen molar-refractivity contribution in [2.75, 3.05) is 36.9 Å². The molecule has 0 bridgehead atoms. The van der Waals surface area contributed by atoms with Gasteiger partial charge in [0, 0.05) is 30.9 Å². The number of nitrogens with zero attached hydrogens (tertiary/aromatic N) is 5. The lowest BCUT2D eigenvalue weighted by Crippen LogP contribution is -2.44. The van der Waals surface area contributed by atoms with Gasteiger partial charge in [-0.3, -0.25) is 4.79 Å². The minimum absolute atomic E-state index is 0.0264. The monoisotopic (exact) mass is 491 g/mol. The van der Waals surface area contributed by atoms with Crippen molar-refractivity contribution in [3.05, 3.63) is 36.2 Å². The number of carbonyl (C=O) groups is 1. The molecule has 1 amide bonds. The van der Waals surface area contributed by atoms with Crippen molar-refractivity contribution in [1.29, 1.82) is 0 Å². The van der Waals surface area contributed by atoms with Crippen LogP contribution < -0.4 is 26.0 Å². The number of amides is 1. The van der Waals surface area contributed by atoms with Crippen molar-refractivity contribution in [1.82, 2.24) is 30.2 Å². The maximum absolute atomic E-state index is 14.6. The Bertz CT molecular complexity index is 1480. The van der Waals surface area contributed by atoms with Crippen molar-refractivity contribution < 1.29 is 13.9 Å². The second-order valence-corrected chi connectivity index (χ2v) is 9.44. The summed E-state index contributed by atoms with van der Waals surface area (Å²) in [6.45, 7) is 2.97. The van der Waals surface area contributed by atoms with E-state index < -0.39 is 0 Å². The molecule has 1 saturated carbocycles. The number of fused-ring (bicyclic) bond motifs is 3. The molecular weight excluding hydrogens is 465 g/mol. The van der Waals surface area contributed by atoms with Crippen LogP contribution in [0.4, 0.5) is 15.9 Å². The van der Waals surface area contributed by atoms with Crippen molar-refractivity contribution in [2.45, 2.75) is 25.8 Å². The topological polar surface area (TPSA) is 147 Å². The van der Waals surface area contributed by atoms with Crippen LogP contribution in [0.5, 0.6) is 11.8 Å². The summed E-state index contributed by atoms with van der Waals surface area (Å²) in [4.78, 5) is 35.2. The molecule has 12 heteroatoms. The number of ether oxygens (including phenoxy) is 1. The van der Waals surface area contributed by atoms with Crippen molar-refractivity contribution >= 4 is 39.3 Å². The molecule has 1 aliphatic carbocycles. The standard InChI is InChI=1S/C24H26FN9O2/c1-12-28-8-14(9-29-12)36-23-32-21-19(15-5-13(25)6-16(27-2)20(15)31-21)22(33-23)34-10-17(30-18(35)7-26)24(11-34)3-4-24/h5-6,8-9,17,27H,3-4,7,10-11,26H2,1-2H3,(H,30,35)(H,31,32,33). The van der Waals surface area contributed by atoms with Gasteiger partial charge in [0.05, 0.1) is 41.6 Å². The van der Waals surface area contributed by atoms with Gasteiger partial charge < -0.3 is 31.0 Å². The predicted octanol–water partition coefficient (Wildman–Crippen LogP) is 2.23. The number of hydrogen-bond donors (Lipinski definition) is 4. The van der Waals surface area contributed by atoms with Crippen molar-refractivity contribution in [3.63, 3.8) is 0 Å². The number of aryl methyl sites for hydroxylation is 1. The van der Waals surface area contributed by atoms with Gasteiger partial charge in [-0.15, -0.1) is 0 Å². The van der Waals surface area contributed by atoms with Crippen LogP contribution in [0.3, 0.4) is 0 Å². The number of hydrogen-bond acceptors (Lipinski definition) is 9. The predicted molar refractivity (Wildman–Crippen MR) is 133 cm³/mol. The van der Waals surface area contributed by atoms with Gasteiger partial charge in [-0.2, -0.15) is 9.97 Å². The number of nitrogens with one attached hydrogen (secondary N) is 3. The maximum atomic E-state index is 14.6. The molecule has 186 valence electrons. The highest BCUT2D eigenvalue weighted by atomic mass is 19.1. The molecule has 3 aromatic heterocycles. The molecule has 1 unspecified atom stereocenters. The van der Waals surface area contributed by atoms with E-state index in [1.165, 1.54) is 12.1 Å². The molecule has 2 fully saturated rings. The summed E-state index contributed by atoms with van der Waals surface area (Å²) in [5.74, 6) is 1.07. The second kappa shape index (κ2) is 8.26. The number of nitrogens with two attached hydrogens (primary N) is 1.